The van der Waals surface area contributed by atoms with Gasteiger partial charge in [-0.2, -0.15) is 0 Å². The molecule has 17 heavy (non-hydrogen) atoms. The van der Waals surface area contributed by atoms with Crippen molar-refractivity contribution in [2.75, 3.05) is 18.5 Å². The fourth-order valence-electron chi connectivity index (χ4n) is 1.12. The highest BCUT2D eigenvalue weighted by molar-refractivity contribution is 7.13. The Labute approximate surface area is 103 Å². The second-order valence-electron chi connectivity index (χ2n) is 3.21. The molecule has 0 saturated carbocycles. The molecule has 0 aliphatic carbocycles. The number of anilines is 1. The van der Waals surface area contributed by atoms with Gasteiger partial charge in [0.2, 0.25) is 5.91 Å². The van der Waals surface area contributed by atoms with Crippen LogP contribution in [0.1, 0.15) is 19.0 Å². The largest absolute Gasteiger partial charge is 0.466 e. The summed E-state index contributed by atoms with van der Waals surface area (Å²) in [5, 5.41) is 4.80. The molecule has 0 aliphatic heterocycles. The molecule has 0 unspecified atom stereocenters. The second kappa shape index (κ2) is 6.97. The van der Waals surface area contributed by atoms with E-state index in [1.165, 1.54) is 11.3 Å². The highest BCUT2D eigenvalue weighted by atomic mass is 32.1. The van der Waals surface area contributed by atoms with Crippen molar-refractivity contribution in [1.29, 1.82) is 0 Å². The molecule has 1 amide bonds. The number of aromatic nitrogens is 1. The Hall–Kier alpha value is -1.47. The lowest BCUT2D eigenvalue weighted by atomic mass is 10.3. The summed E-state index contributed by atoms with van der Waals surface area (Å²) in [5.74, 6) is -0.498. The van der Waals surface area contributed by atoms with Gasteiger partial charge in [-0.15, -0.1) is 11.3 Å². The summed E-state index contributed by atoms with van der Waals surface area (Å²) >= 11 is 1.27. The first-order chi connectivity index (χ1) is 8.15. The molecule has 0 atom stereocenters. The van der Waals surface area contributed by atoms with E-state index in [2.05, 4.69) is 10.3 Å². The molecule has 0 radical (unpaired) electrons. The van der Waals surface area contributed by atoms with Crippen LogP contribution in [0.2, 0.25) is 0 Å². The average Bonchev–Trinajstić information content (AvgIpc) is 2.66. The molecular weight excluding hydrogens is 242 g/mol. The van der Waals surface area contributed by atoms with Crippen molar-refractivity contribution in [2.24, 2.45) is 5.73 Å². The molecule has 0 bridgehead atoms. The molecule has 0 fully saturated rings. The minimum absolute atomic E-state index is 0.122. The van der Waals surface area contributed by atoms with E-state index in [0.29, 0.717) is 24.0 Å². The molecule has 6 nitrogen and oxygen atoms in total. The Morgan fingerprint density at radius 1 is 1.59 bits per heavy atom. The normalized spacial score (nSPS) is 10.0. The number of nitrogens with one attached hydrogen (secondary N) is 1. The van der Waals surface area contributed by atoms with Crippen molar-refractivity contribution in [1.82, 2.24) is 4.98 Å². The van der Waals surface area contributed by atoms with E-state index in [1.807, 2.05) is 0 Å². The van der Waals surface area contributed by atoms with Crippen molar-refractivity contribution in [2.45, 2.75) is 19.8 Å². The lowest BCUT2D eigenvalue weighted by Gasteiger charge is -1.99. The molecule has 0 aromatic carbocycles. The zero-order valence-electron chi connectivity index (χ0n) is 9.56. The maximum absolute atomic E-state index is 11.2. The second-order valence-corrected chi connectivity index (χ2v) is 4.07. The Kier molecular flexibility index (Phi) is 5.58. The molecule has 7 heteroatoms. The maximum Gasteiger partial charge on any atom is 0.311 e. The fourth-order valence-corrected chi connectivity index (χ4v) is 1.84. The molecule has 1 aromatic rings. The number of rotatable bonds is 6. The quantitative estimate of drug-likeness (QED) is 0.725. The number of nitrogens with two attached hydrogens (primary N) is 1. The van der Waals surface area contributed by atoms with Crippen molar-refractivity contribution in [3.05, 3.63) is 11.1 Å². The van der Waals surface area contributed by atoms with E-state index < -0.39 is 0 Å². The van der Waals surface area contributed by atoms with Crippen molar-refractivity contribution in [3.8, 4) is 0 Å². The predicted octanol–water partition coefficient (Wildman–Crippen LogP) is 0.536. The number of amides is 1. The minimum Gasteiger partial charge on any atom is -0.466 e. The van der Waals surface area contributed by atoms with Crippen LogP contribution >= 0.6 is 11.3 Å². The van der Waals surface area contributed by atoms with Gasteiger partial charge in [0.15, 0.2) is 5.13 Å². The SMILES string of the molecule is CCOC(=O)Cc1csc(NC(=O)CCN)n1. The van der Waals surface area contributed by atoms with Gasteiger partial charge < -0.3 is 15.8 Å². The van der Waals surface area contributed by atoms with Gasteiger partial charge in [0, 0.05) is 18.3 Å². The predicted molar refractivity (Wildman–Crippen MR) is 64.8 cm³/mol. The third-order valence-corrected chi connectivity index (χ3v) is 2.61. The van der Waals surface area contributed by atoms with Crippen LogP contribution in [0.15, 0.2) is 5.38 Å². The smallest absolute Gasteiger partial charge is 0.311 e. The molecule has 0 aliphatic rings. The summed E-state index contributed by atoms with van der Waals surface area (Å²) in [6, 6.07) is 0. The minimum atomic E-state index is -0.322. The van der Waals surface area contributed by atoms with Gasteiger partial charge in [0.1, 0.15) is 0 Å². The van der Waals surface area contributed by atoms with Crippen LogP contribution in [0, 0.1) is 0 Å². The van der Waals surface area contributed by atoms with E-state index in [0.717, 1.165) is 0 Å². The number of carbonyl (C=O) groups is 2. The molecule has 1 aromatic heterocycles. The number of ether oxygens (including phenoxy) is 1. The highest BCUT2D eigenvalue weighted by Crippen LogP contribution is 2.16. The third kappa shape index (κ3) is 4.92. The fraction of sp³-hybridized carbons (Fsp3) is 0.500. The van der Waals surface area contributed by atoms with Gasteiger partial charge in [0.05, 0.1) is 18.7 Å². The van der Waals surface area contributed by atoms with Crippen LogP contribution < -0.4 is 11.1 Å². The van der Waals surface area contributed by atoms with Gasteiger partial charge in [0.25, 0.3) is 0 Å². The summed E-state index contributed by atoms with van der Waals surface area (Å²) in [5.41, 5.74) is 5.84. The standard InChI is InChI=1S/C10H15N3O3S/c1-2-16-9(15)5-7-6-17-10(12-7)13-8(14)3-4-11/h6H,2-5,11H2,1H3,(H,12,13,14). The van der Waals surface area contributed by atoms with Gasteiger partial charge in [-0.05, 0) is 6.92 Å². The van der Waals surface area contributed by atoms with Gasteiger partial charge in [-0.1, -0.05) is 0 Å². The summed E-state index contributed by atoms with van der Waals surface area (Å²) < 4.78 is 4.80. The lowest BCUT2D eigenvalue weighted by molar-refractivity contribution is -0.142. The van der Waals surface area contributed by atoms with E-state index in [-0.39, 0.29) is 24.7 Å². The van der Waals surface area contributed by atoms with E-state index in [9.17, 15) is 9.59 Å². The van der Waals surface area contributed by atoms with Crippen LogP contribution in [-0.4, -0.2) is 30.0 Å². The molecule has 94 valence electrons. The highest BCUT2D eigenvalue weighted by Gasteiger charge is 2.09. The Morgan fingerprint density at radius 2 is 2.35 bits per heavy atom. The number of nitrogens with zero attached hydrogens (tertiary/aromatic N) is 1. The topological polar surface area (TPSA) is 94.3 Å². The molecule has 0 saturated heterocycles. The first-order valence-corrected chi connectivity index (χ1v) is 6.13. The average molecular weight is 257 g/mol. The van der Waals surface area contributed by atoms with E-state index in [1.54, 1.807) is 12.3 Å². The first kappa shape index (κ1) is 13.6. The maximum atomic E-state index is 11.2. The van der Waals surface area contributed by atoms with Crippen LogP contribution in [0.5, 0.6) is 0 Å². The van der Waals surface area contributed by atoms with Crippen LogP contribution in [0.25, 0.3) is 0 Å². The van der Waals surface area contributed by atoms with Crippen LogP contribution in [0.3, 0.4) is 0 Å². The summed E-state index contributed by atoms with van der Waals surface area (Å²) in [7, 11) is 0. The molecule has 0 spiro atoms. The number of hydrogen-bond donors (Lipinski definition) is 2. The molecule has 1 heterocycles. The van der Waals surface area contributed by atoms with Gasteiger partial charge in [-0.25, -0.2) is 4.98 Å². The molecule has 1 rings (SSSR count). The number of hydrogen-bond acceptors (Lipinski definition) is 6. The zero-order chi connectivity index (χ0) is 12.7. The van der Waals surface area contributed by atoms with Crippen LogP contribution in [0.4, 0.5) is 5.13 Å². The summed E-state index contributed by atoms with van der Waals surface area (Å²) in [6.07, 6.45) is 0.379. The summed E-state index contributed by atoms with van der Waals surface area (Å²) in [4.78, 5) is 26.5. The van der Waals surface area contributed by atoms with Crippen molar-refractivity contribution < 1.29 is 14.3 Å². The number of thiazole rings is 1. The summed E-state index contributed by atoms with van der Waals surface area (Å²) in [6.45, 7) is 2.40. The van der Waals surface area contributed by atoms with Gasteiger partial charge in [-0.3, -0.25) is 9.59 Å². The first-order valence-electron chi connectivity index (χ1n) is 5.25. The van der Waals surface area contributed by atoms with E-state index in [4.69, 9.17) is 10.5 Å². The van der Waals surface area contributed by atoms with E-state index >= 15 is 0 Å². The monoisotopic (exact) mass is 257 g/mol. The van der Waals surface area contributed by atoms with Crippen LogP contribution in [-0.2, 0) is 20.7 Å². The van der Waals surface area contributed by atoms with Gasteiger partial charge >= 0.3 is 5.97 Å². The van der Waals surface area contributed by atoms with Crippen molar-refractivity contribution in [3.63, 3.8) is 0 Å². The van der Waals surface area contributed by atoms with Crippen molar-refractivity contribution >= 4 is 28.3 Å². The Balaban J connectivity index is 2.47. The zero-order valence-corrected chi connectivity index (χ0v) is 10.4. The number of carbonyl (C=O) groups excluding carboxylic acids is 2. The lowest BCUT2D eigenvalue weighted by Crippen LogP contribution is -2.16. The Bertz CT molecular complexity index is 357. The molecule has 3 N–H and O–H groups in total. The number of esters is 1. The third-order valence-electron chi connectivity index (χ3n) is 1.80. The Morgan fingerprint density at radius 3 is 3.00 bits per heavy atom. The molecular formula is C10H15N3O3S.